The third-order valence-corrected chi connectivity index (χ3v) is 3.75. The first kappa shape index (κ1) is 13.2. The van der Waals surface area contributed by atoms with E-state index in [0.717, 1.165) is 12.8 Å². The van der Waals surface area contributed by atoms with Crippen LogP contribution in [0.5, 0.6) is 0 Å². The average molecular weight is 268 g/mol. The highest BCUT2D eigenvalue weighted by atomic mass is 35.5. The van der Waals surface area contributed by atoms with Gasteiger partial charge in [0, 0.05) is 6.54 Å². The van der Waals surface area contributed by atoms with Gasteiger partial charge in [-0.2, -0.15) is 0 Å². The third kappa shape index (κ3) is 2.94. The fourth-order valence-electron chi connectivity index (χ4n) is 2.02. The standard InChI is InChI=1S/C13H18ClN3O/c1-13(8-15,9-6-7-9)17-12(18)16-11-5-3-2-4-10(11)14/h2-5,9H,6-8,15H2,1H3,(H2,16,17,18). The Labute approximate surface area is 112 Å². The molecular weight excluding hydrogens is 250 g/mol. The lowest BCUT2D eigenvalue weighted by Gasteiger charge is -2.29. The van der Waals surface area contributed by atoms with Gasteiger partial charge in [0.2, 0.25) is 0 Å². The largest absolute Gasteiger partial charge is 0.331 e. The highest BCUT2D eigenvalue weighted by Gasteiger charge is 2.41. The van der Waals surface area contributed by atoms with E-state index in [1.807, 2.05) is 19.1 Å². The van der Waals surface area contributed by atoms with Crippen LogP contribution in [0.25, 0.3) is 0 Å². The van der Waals surface area contributed by atoms with E-state index in [1.165, 1.54) is 0 Å². The van der Waals surface area contributed by atoms with E-state index >= 15 is 0 Å². The summed E-state index contributed by atoms with van der Waals surface area (Å²) in [7, 11) is 0. The van der Waals surface area contributed by atoms with Crippen LogP contribution in [0.4, 0.5) is 10.5 Å². The van der Waals surface area contributed by atoms with Gasteiger partial charge in [-0.1, -0.05) is 23.7 Å². The predicted molar refractivity (Wildman–Crippen MR) is 73.8 cm³/mol. The molecule has 4 nitrogen and oxygen atoms in total. The van der Waals surface area contributed by atoms with E-state index in [2.05, 4.69) is 10.6 Å². The fourth-order valence-corrected chi connectivity index (χ4v) is 2.20. The molecule has 0 saturated heterocycles. The number of carbonyl (C=O) groups is 1. The van der Waals surface area contributed by atoms with Crippen LogP contribution >= 0.6 is 11.6 Å². The molecule has 5 heteroatoms. The summed E-state index contributed by atoms with van der Waals surface area (Å²) < 4.78 is 0. The number of rotatable bonds is 4. The minimum absolute atomic E-state index is 0.261. The second-order valence-electron chi connectivity index (χ2n) is 4.95. The van der Waals surface area contributed by atoms with Gasteiger partial charge in [-0.15, -0.1) is 0 Å². The summed E-state index contributed by atoms with van der Waals surface area (Å²) in [6, 6.07) is 6.88. The summed E-state index contributed by atoms with van der Waals surface area (Å²) in [5.41, 5.74) is 6.03. The number of nitrogens with two attached hydrogens (primary N) is 1. The van der Waals surface area contributed by atoms with Gasteiger partial charge >= 0.3 is 6.03 Å². The van der Waals surface area contributed by atoms with Crippen LogP contribution in [-0.4, -0.2) is 18.1 Å². The summed E-state index contributed by atoms with van der Waals surface area (Å²) >= 11 is 5.98. The Morgan fingerprint density at radius 2 is 2.17 bits per heavy atom. The molecule has 1 aromatic carbocycles. The molecule has 98 valence electrons. The zero-order chi connectivity index (χ0) is 13.2. The highest BCUT2D eigenvalue weighted by molar-refractivity contribution is 6.33. The van der Waals surface area contributed by atoms with Crippen molar-refractivity contribution < 1.29 is 4.79 Å². The summed E-state index contributed by atoms with van der Waals surface area (Å²) in [5.74, 6) is 0.486. The van der Waals surface area contributed by atoms with Gasteiger partial charge in [-0.25, -0.2) is 4.79 Å². The molecule has 1 fully saturated rings. The monoisotopic (exact) mass is 267 g/mol. The molecule has 0 aliphatic heterocycles. The van der Waals surface area contributed by atoms with Crippen molar-refractivity contribution in [2.45, 2.75) is 25.3 Å². The number of nitrogens with one attached hydrogen (secondary N) is 2. The van der Waals surface area contributed by atoms with E-state index in [9.17, 15) is 4.79 Å². The lowest BCUT2D eigenvalue weighted by Crippen LogP contribution is -2.54. The SMILES string of the molecule is CC(CN)(NC(=O)Nc1ccccc1Cl)C1CC1. The van der Waals surface area contributed by atoms with Crippen LogP contribution in [0, 0.1) is 5.92 Å². The smallest absolute Gasteiger partial charge is 0.319 e. The maximum atomic E-state index is 11.9. The van der Waals surface area contributed by atoms with Crippen molar-refractivity contribution in [2.24, 2.45) is 11.7 Å². The van der Waals surface area contributed by atoms with E-state index in [4.69, 9.17) is 17.3 Å². The van der Waals surface area contributed by atoms with E-state index in [1.54, 1.807) is 12.1 Å². The number of amides is 2. The van der Waals surface area contributed by atoms with Crippen molar-refractivity contribution in [3.8, 4) is 0 Å². The Hall–Kier alpha value is -1.26. The van der Waals surface area contributed by atoms with Gasteiger partial charge in [0.25, 0.3) is 0 Å². The first-order valence-corrected chi connectivity index (χ1v) is 6.47. The predicted octanol–water partition coefficient (Wildman–Crippen LogP) is 2.59. The van der Waals surface area contributed by atoms with Crippen LogP contribution in [-0.2, 0) is 0 Å². The van der Waals surface area contributed by atoms with E-state index in [-0.39, 0.29) is 11.6 Å². The second kappa shape index (κ2) is 5.16. The Bertz CT molecular complexity index is 448. The van der Waals surface area contributed by atoms with E-state index < -0.39 is 0 Å². The maximum absolute atomic E-state index is 11.9. The number of anilines is 1. The van der Waals surface area contributed by atoms with Crippen molar-refractivity contribution in [3.05, 3.63) is 29.3 Å². The molecule has 1 unspecified atom stereocenters. The number of hydrogen-bond donors (Lipinski definition) is 3. The van der Waals surface area contributed by atoms with Crippen LogP contribution < -0.4 is 16.4 Å². The first-order valence-electron chi connectivity index (χ1n) is 6.09. The van der Waals surface area contributed by atoms with Crippen LogP contribution in [0.15, 0.2) is 24.3 Å². The maximum Gasteiger partial charge on any atom is 0.319 e. The molecule has 1 saturated carbocycles. The second-order valence-corrected chi connectivity index (χ2v) is 5.36. The number of carbonyl (C=O) groups excluding carboxylic acids is 1. The van der Waals surface area contributed by atoms with Crippen molar-refractivity contribution in [3.63, 3.8) is 0 Å². The molecule has 18 heavy (non-hydrogen) atoms. The van der Waals surface area contributed by atoms with E-state index in [0.29, 0.717) is 23.2 Å². The number of halogens is 1. The zero-order valence-electron chi connectivity index (χ0n) is 10.4. The van der Waals surface area contributed by atoms with Crippen LogP contribution in [0.2, 0.25) is 5.02 Å². The average Bonchev–Trinajstić information content (AvgIpc) is 3.16. The van der Waals surface area contributed by atoms with Crippen LogP contribution in [0.3, 0.4) is 0 Å². The van der Waals surface area contributed by atoms with Crippen molar-refractivity contribution in [1.29, 1.82) is 0 Å². The van der Waals surface area contributed by atoms with Gasteiger partial charge < -0.3 is 16.4 Å². The summed E-state index contributed by atoms with van der Waals surface area (Å²) in [4.78, 5) is 11.9. The molecule has 1 aliphatic carbocycles. The number of benzene rings is 1. The Balaban J connectivity index is 1.98. The third-order valence-electron chi connectivity index (χ3n) is 3.42. The quantitative estimate of drug-likeness (QED) is 0.785. The van der Waals surface area contributed by atoms with Gasteiger partial charge in [-0.3, -0.25) is 0 Å². The Morgan fingerprint density at radius 1 is 1.50 bits per heavy atom. The number of hydrogen-bond acceptors (Lipinski definition) is 2. The molecule has 2 amide bonds. The molecule has 2 rings (SSSR count). The lowest BCUT2D eigenvalue weighted by molar-refractivity contribution is 0.234. The van der Waals surface area contributed by atoms with Gasteiger partial charge in [0.05, 0.1) is 16.2 Å². The summed E-state index contributed by atoms with van der Waals surface area (Å²) in [6.07, 6.45) is 2.25. The topological polar surface area (TPSA) is 67.1 Å². The van der Waals surface area contributed by atoms with Crippen molar-refractivity contribution in [2.75, 3.05) is 11.9 Å². The molecule has 1 aliphatic rings. The van der Waals surface area contributed by atoms with Crippen LogP contribution in [0.1, 0.15) is 19.8 Å². The molecule has 0 heterocycles. The minimum atomic E-state index is -0.328. The number of urea groups is 1. The first-order chi connectivity index (χ1) is 8.55. The van der Waals surface area contributed by atoms with Crippen molar-refractivity contribution >= 4 is 23.3 Å². The van der Waals surface area contributed by atoms with Gasteiger partial charge in [-0.05, 0) is 37.8 Å². The van der Waals surface area contributed by atoms with Gasteiger partial charge in [0.1, 0.15) is 0 Å². The molecule has 0 spiro atoms. The molecule has 4 N–H and O–H groups in total. The molecule has 1 atom stereocenters. The molecule has 0 bridgehead atoms. The number of para-hydroxylation sites is 1. The molecule has 1 aromatic rings. The molecule has 0 aromatic heterocycles. The lowest BCUT2D eigenvalue weighted by atomic mass is 9.96. The zero-order valence-corrected chi connectivity index (χ0v) is 11.1. The summed E-state index contributed by atoms with van der Waals surface area (Å²) in [5, 5.41) is 6.21. The normalized spacial score (nSPS) is 17.9. The highest BCUT2D eigenvalue weighted by Crippen LogP contribution is 2.39. The fraction of sp³-hybridized carbons (Fsp3) is 0.462. The molecular formula is C13H18ClN3O. The minimum Gasteiger partial charge on any atom is -0.331 e. The molecule has 0 radical (unpaired) electrons. The van der Waals surface area contributed by atoms with Gasteiger partial charge in [0.15, 0.2) is 0 Å². The Morgan fingerprint density at radius 3 is 2.72 bits per heavy atom. The Kier molecular flexibility index (Phi) is 3.78. The summed E-state index contributed by atoms with van der Waals surface area (Å²) in [6.45, 7) is 2.42. The van der Waals surface area contributed by atoms with Crippen molar-refractivity contribution in [1.82, 2.24) is 5.32 Å².